The molecule has 3 atom stereocenters. The summed E-state index contributed by atoms with van der Waals surface area (Å²) in [4.78, 5) is 5.14. The quantitative estimate of drug-likeness (QED) is 0.817. The summed E-state index contributed by atoms with van der Waals surface area (Å²) in [6.45, 7) is 8.86. The van der Waals surface area contributed by atoms with Crippen LogP contribution >= 0.6 is 0 Å². The zero-order valence-corrected chi connectivity index (χ0v) is 14.9. The number of likely N-dealkylation sites (tertiary alicyclic amines) is 1. The van der Waals surface area contributed by atoms with E-state index in [0.717, 1.165) is 65.4 Å². The number of morpholine rings is 1. The van der Waals surface area contributed by atoms with Gasteiger partial charge in [-0.15, -0.1) is 0 Å². The molecule has 4 fully saturated rings. The van der Waals surface area contributed by atoms with Gasteiger partial charge in [-0.25, -0.2) is 5.32 Å². The minimum absolute atomic E-state index is 0.0627. The highest BCUT2D eigenvalue weighted by molar-refractivity contribution is 5.05. The Bertz CT molecular complexity index is 372. The minimum Gasteiger partial charge on any atom is -0.375 e. The predicted molar refractivity (Wildman–Crippen MR) is 92.9 cm³/mol. The second kappa shape index (κ2) is 7.98. The molecule has 6 nitrogen and oxygen atoms in total. The molecule has 0 amide bonds. The molecule has 4 saturated heterocycles. The molecule has 1 radical (unpaired) electrons. The maximum absolute atomic E-state index is 6.43. The van der Waals surface area contributed by atoms with E-state index in [1.54, 1.807) is 0 Å². The van der Waals surface area contributed by atoms with E-state index in [0.29, 0.717) is 0 Å². The lowest BCUT2D eigenvalue weighted by Crippen LogP contribution is -2.78. The molecule has 0 aliphatic carbocycles. The second-order valence-corrected chi connectivity index (χ2v) is 7.58. The number of nitrogens with one attached hydrogen (secondary N) is 1. The van der Waals surface area contributed by atoms with Gasteiger partial charge in [0, 0.05) is 52.4 Å². The van der Waals surface area contributed by atoms with Crippen LogP contribution in [0.25, 0.3) is 0 Å². The van der Waals surface area contributed by atoms with Gasteiger partial charge < -0.3 is 14.8 Å². The summed E-state index contributed by atoms with van der Waals surface area (Å²) < 4.78 is 12.8. The number of hydrogen-bond donors (Lipinski definition) is 1. The molecule has 0 aromatic heterocycles. The number of piperidine rings is 1. The van der Waals surface area contributed by atoms with Crippen molar-refractivity contribution in [1.82, 2.24) is 20.4 Å². The van der Waals surface area contributed by atoms with Gasteiger partial charge in [0.2, 0.25) is 0 Å². The van der Waals surface area contributed by atoms with Gasteiger partial charge in [0.05, 0.1) is 12.7 Å². The molecule has 0 saturated carbocycles. The van der Waals surface area contributed by atoms with E-state index in [2.05, 4.69) is 15.1 Å². The van der Waals surface area contributed by atoms with Gasteiger partial charge in [0.25, 0.3) is 0 Å². The Morgan fingerprint density at radius 2 is 1.71 bits per heavy atom. The molecule has 0 spiro atoms. The Morgan fingerprint density at radius 1 is 0.875 bits per heavy atom. The van der Waals surface area contributed by atoms with Crippen molar-refractivity contribution < 1.29 is 9.47 Å². The average molecular weight is 337 g/mol. The minimum atomic E-state index is -0.307. The third kappa shape index (κ3) is 3.24. The largest absolute Gasteiger partial charge is 0.375 e. The van der Waals surface area contributed by atoms with Gasteiger partial charge in [-0.05, 0) is 32.1 Å². The number of hydrogen-bond acceptors (Lipinski definition) is 5. The lowest BCUT2D eigenvalue weighted by Gasteiger charge is -2.57. The summed E-state index contributed by atoms with van der Waals surface area (Å²) in [7, 11) is 0. The van der Waals surface area contributed by atoms with Crippen LogP contribution in [0.15, 0.2) is 0 Å². The lowest BCUT2D eigenvalue weighted by atomic mass is 9.89. The summed E-state index contributed by atoms with van der Waals surface area (Å²) in [5.74, 6) is 0. The normalized spacial score (nSPS) is 40.5. The van der Waals surface area contributed by atoms with E-state index >= 15 is 0 Å². The molecule has 0 aromatic carbocycles. The van der Waals surface area contributed by atoms with Crippen molar-refractivity contribution in [1.29, 1.82) is 0 Å². The van der Waals surface area contributed by atoms with Gasteiger partial charge in [-0.1, -0.05) is 6.42 Å². The molecule has 137 valence electrons. The number of rotatable bonds is 3. The zero-order chi connectivity index (χ0) is 16.2. The Labute approximate surface area is 146 Å². The first-order valence-electron chi connectivity index (χ1n) is 10.0. The fourth-order valence-electron chi connectivity index (χ4n) is 4.94. The van der Waals surface area contributed by atoms with Crippen molar-refractivity contribution in [2.45, 2.75) is 56.5 Å². The second-order valence-electron chi connectivity index (χ2n) is 7.58. The van der Waals surface area contributed by atoms with Gasteiger partial charge in [-0.3, -0.25) is 9.80 Å². The Hall–Kier alpha value is -0.240. The molecule has 4 rings (SSSR count). The monoisotopic (exact) mass is 337 g/mol. The van der Waals surface area contributed by atoms with E-state index in [1.807, 2.05) is 0 Å². The van der Waals surface area contributed by atoms with Gasteiger partial charge >= 0.3 is 0 Å². The van der Waals surface area contributed by atoms with E-state index in [-0.39, 0.29) is 18.0 Å². The smallest absolute Gasteiger partial charge is 0.154 e. The Morgan fingerprint density at radius 3 is 2.46 bits per heavy atom. The summed E-state index contributed by atoms with van der Waals surface area (Å²) >= 11 is 0. The highest BCUT2D eigenvalue weighted by Crippen LogP contribution is 2.36. The average Bonchev–Trinajstić information content (AvgIpc) is 2.70. The van der Waals surface area contributed by atoms with Crippen molar-refractivity contribution in [3.63, 3.8) is 0 Å². The van der Waals surface area contributed by atoms with E-state index in [4.69, 9.17) is 14.8 Å². The van der Waals surface area contributed by atoms with Crippen molar-refractivity contribution in [2.24, 2.45) is 0 Å². The van der Waals surface area contributed by atoms with Crippen LogP contribution in [0.3, 0.4) is 0 Å². The van der Waals surface area contributed by atoms with Crippen molar-refractivity contribution in [3.05, 3.63) is 0 Å². The van der Waals surface area contributed by atoms with E-state index < -0.39 is 0 Å². The standard InChI is InChI=1S/C18H33N4O2/c1-3-10-21(11-4-1)17-18(20-9-15-24-17,16-6-2-5-14-23-16)22-12-7-19-8-13-22/h16-17,19H,1-15H2. The van der Waals surface area contributed by atoms with Crippen molar-refractivity contribution in [2.75, 3.05) is 59.0 Å². The van der Waals surface area contributed by atoms with Crippen LogP contribution in [0.5, 0.6) is 0 Å². The predicted octanol–water partition coefficient (Wildman–Crippen LogP) is 0.604. The first-order valence-corrected chi connectivity index (χ1v) is 10.0. The summed E-state index contributed by atoms with van der Waals surface area (Å²) in [5, 5.41) is 8.76. The molecular weight excluding hydrogens is 304 g/mol. The molecule has 0 bridgehead atoms. The number of ether oxygens (including phenoxy) is 2. The zero-order valence-electron chi connectivity index (χ0n) is 14.9. The Balaban J connectivity index is 1.64. The first kappa shape index (κ1) is 17.2. The maximum Gasteiger partial charge on any atom is 0.154 e. The highest BCUT2D eigenvalue weighted by atomic mass is 16.5. The van der Waals surface area contributed by atoms with Crippen LogP contribution in [-0.2, 0) is 9.47 Å². The van der Waals surface area contributed by atoms with Gasteiger partial charge in [-0.2, -0.15) is 0 Å². The fraction of sp³-hybridized carbons (Fsp3) is 1.00. The van der Waals surface area contributed by atoms with Crippen LogP contribution < -0.4 is 10.6 Å². The topological polar surface area (TPSA) is 51.1 Å². The summed E-state index contributed by atoms with van der Waals surface area (Å²) in [5.41, 5.74) is -0.307. The number of piperazine rings is 1. The van der Waals surface area contributed by atoms with Crippen LogP contribution in [-0.4, -0.2) is 86.8 Å². The highest BCUT2D eigenvalue weighted by Gasteiger charge is 2.56. The third-order valence-electron chi connectivity index (χ3n) is 6.09. The molecule has 3 unspecified atom stereocenters. The molecule has 1 N–H and O–H groups in total. The summed E-state index contributed by atoms with van der Waals surface area (Å²) in [6, 6.07) is 0. The van der Waals surface area contributed by atoms with Crippen molar-refractivity contribution >= 4 is 0 Å². The molecule has 0 aromatic rings. The molecular formula is C18H33N4O2. The third-order valence-corrected chi connectivity index (χ3v) is 6.09. The van der Waals surface area contributed by atoms with Gasteiger partial charge in [0.15, 0.2) is 5.66 Å². The van der Waals surface area contributed by atoms with Crippen LogP contribution in [0.2, 0.25) is 0 Å². The van der Waals surface area contributed by atoms with E-state index in [1.165, 1.54) is 32.1 Å². The first-order chi connectivity index (χ1) is 11.9. The van der Waals surface area contributed by atoms with Crippen LogP contribution in [0.4, 0.5) is 0 Å². The van der Waals surface area contributed by atoms with E-state index in [9.17, 15) is 0 Å². The molecule has 6 heteroatoms. The number of nitrogens with zero attached hydrogens (tertiary/aromatic N) is 3. The lowest BCUT2D eigenvalue weighted by molar-refractivity contribution is -0.243. The molecule has 4 heterocycles. The van der Waals surface area contributed by atoms with Crippen molar-refractivity contribution in [3.8, 4) is 0 Å². The SMILES string of the molecule is C1CCN(C2OCC[N]C2(C2CCCCO2)N2CCNCC2)CC1. The Kier molecular flexibility index (Phi) is 5.71. The van der Waals surface area contributed by atoms with Crippen LogP contribution in [0, 0.1) is 0 Å². The summed E-state index contributed by atoms with van der Waals surface area (Å²) in [6.07, 6.45) is 7.70. The molecule has 4 aliphatic rings. The molecule has 4 aliphatic heterocycles. The fourth-order valence-corrected chi connectivity index (χ4v) is 4.94. The van der Waals surface area contributed by atoms with Crippen LogP contribution in [0.1, 0.15) is 38.5 Å². The van der Waals surface area contributed by atoms with Gasteiger partial charge in [0.1, 0.15) is 6.23 Å². The molecule has 24 heavy (non-hydrogen) atoms. The maximum atomic E-state index is 6.43.